The Morgan fingerprint density at radius 1 is 0.979 bits per heavy atom. The number of carbonyl (C=O) groups excluding carboxylic acids is 2. The average Bonchev–Trinajstić information content (AvgIpc) is 3.45. The number of carbonyl (C=O) groups is 3. The molecule has 12 heteroatoms. The predicted molar refractivity (Wildman–Crippen MR) is 175 cm³/mol. The first-order valence-electron chi connectivity index (χ1n) is 15.9. The summed E-state index contributed by atoms with van der Waals surface area (Å²) >= 11 is 0. The van der Waals surface area contributed by atoms with E-state index in [2.05, 4.69) is 9.88 Å². The highest BCUT2D eigenvalue weighted by molar-refractivity contribution is 6.07. The van der Waals surface area contributed by atoms with Gasteiger partial charge in [-0.3, -0.25) is 14.4 Å². The number of carboxylic acid groups (broad SMARTS) is 1. The molecular weight excluding hydrogens is 600 g/mol. The van der Waals surface area contributed by atoms with E-state index in [1.54, 1.807) is 24.2 Å². The maximum absolute atomic E-state index is 14.0. The largest absolute Gasteiger partial charge is 0.465 e. The molecule has 0 unspecified atom stereocenters. The maximum Gasteiger partial charge on any atom is 0.407 e. The van der Waals surface area contributed by atoms with Crippen LogP contribution in [0.5, 0.6) is 0 Å². The molecular formula is C35H36N6O6. The van der Waals surface area contributed by atoms with Gasteiger partial charge in [-0.15, -0.1) is 0 Å². The Morgan fingerprint density at radius 3 is 2.62 bits per heavy atom. The number of hydrogen-bond acceptors (Lipinski definition) is 7. The number of nitrogens with one attached hydrogen (secondary N) is 1. The zero-order chi connectivity index (χ0) is 32.8. The van der Waals surface area contributed by atoms with Gasteiger partial charge in [-0.05, 0) is 73.1 Å². The minimum absolute atomic E-state index is 0.0758. The molecule has 2 aliphatic heterocycles. The number of aryl methyl sites for hydroxylation is 2. The van der Waals surface area contributed by atoms with E-state index in [1.807, 2.05) is 36.4 Å². The maximum atomic E-state index is 14.0. The highest BCUT2D eigenvalue weighted by Gasteiger charge is 2.32. The van der Waals surface area contributed by atoms with Gasteiger partial charge in [0.1, 0.15) is 12.3 Å². The van der Waals surface area contributed by atoms with Crippen molar-refractivity contribution in [1.82, 2.24) is 19.0 Å². The van der Waals surface area contributed by atoms with E-state index >= 15 is 0 Å². The van der Waals surface area contributed by atoms with Crippen LogP contribution in [0.3, 0.4) is 0 Å². The van der Waals surface area contributed by atoms with Crippen LogP contribution in [0.25, 0.3) is 11.3 Å². The van der Waals surface area contributed by atoms with Crippen LogP contribution in [0.1, 0.15) is 58.2 Å². The van der Waals surface area contributed by atoms with Crippen molar-refractivity contribution < 1.29 is 24.2 Å². The van der Waals surface area contributed by atoms with E-state index < -0.39 is 12.1 Å². The number of nitrogens with zero attached hydrogens (tertiary/aromatic N) is 5. The normalized spacial score (nSPS) is 15.5. The zero-order valence-corrected chi connectivity index (χ0v) is 26.4. The number of fused-ring (bicyclic) bond motifs is 4. The minimum atomic E-state index is -0.947. The number of ether oxygens (including phenoxy) is 1. The summed E-state index contributed by atoms with van der Waals surface area (Å²) in [6, 6.07) is 13.2. The highest BCUT2D eigenvalue weighted by Crippen LogP contribution is 2.36. The fourth-order valence-corrected chi connectivity index (χ4v) is 7.01. The lowest BCUT2D eigenvalue weighted by Crippen LogP contribution is -2.41. The topological polar surface area (TPSA) is 139 Å². The molecule has 0 spiro atoms. The fourth-order valence-electron chi connectivity index (χ4n) is 7.01. The summed E-state index contributed by atoms with van der Waals surface area (Å²) < 4.78 is 9.12. The standard InChI is InChI=1S/C35H36N6O6/c1-21(42)47-20-27-26(7-5-9-30(27)41-15-14-40-29-8-4-3-6-23(29)17-31(40)33(41)43)28-19-38(2)34(44)32(37-28)36-25-11-10-24-18-39(35(45)46)13-12-22(24)16-25/h5,7,9-11,16-17,19H,3-4,6,8,12-15,18,20H2,1-2H3,(H,36,37)(H,45,46). The summed E-state index contributed by atoms with van der Waals surface area (Å²) in [6.45, 7) is 3.13. The molecule has 4 aromatic rings. The summed E-state index contributed by atoms with van der Waals surface area (Å²) in [6.07, 6.45) is 5.48. The Morgan fingerprint density at radius 2 is 1.81 bits per heavy atom. The highest BCUT2D eigenvalue weighted by atomic mass is 16.5. The third-order valence-corrected chi connectivity index (χ3v) is 9.38. The van der Waals surface area contributed by atoms with Crippen LogP contribution in [0, 0.1) is 0 Å². The van der Waals surface area contributed by atoms with Crippen LogP contribution in [0.4, 0.5) is 22.0 Å². The number of benzene rings is 2. The molecule has 0 saturated carbocycles. The second kappa shape index (κ2) is 12.1. The second-order valence-electron chi connectivity index (χ2n) is 12.4. The van der Waals surface area contributed by atoms with Crippen LogP contribution in [-0.2, 0) is 55.5 Å². The first-order valence-corrected chi connectivity index (χ1v) is 15.9. The van der Waals surface area contributed by atoms with Crippen molar-refractivity contribution in [3.05, 3.63) is 92.7 Å². The van der Waals surface area contributed by atoms with Gasteiger partial charge in [0.15, 0.2) is 5.82 Å². The van der Waals surface area contributed by atoms with E-state index in [1.165, 1.54) is 27.6 Å². The van der Waals surface area contributed by atoms with Crippen molar-refractivity contribution in [2.45, 2.75) is 58.7 Å². The SMILES string of the molecule is CC(=O)OCc1c(-c2cn(C)c(=O)c(Nc3ccc4c(c3)CCN(C(=O)O)C4)n2)cccc1N1CCn2c(cc3c2CCCC3)C1=O. The lowest BCUT2D eigenvalue weighted by molar-refractivity contribution is -0.142. The van der Waals surface area contributed by atoms with E-state index in [-0.39, 0.29) is 23.9 Å². The van der Waals surface area contributed by atoms with Crippen LogP contribution in [0.15, 0.2) is 53.5 Å². The van der Waals surface area contributed by atoms with E-state index in [0.717, 1.165) is 36.8 Å². The number of rotatable bonds is 6. The number of amides is 2. The summed E-state index contributed by atoms with van der Waals surface area (Å²) in [5.41, 5.74) is 7.82. The number of hydrogen-bond donors (Lipinski definition) is 2. The Labute approximate surface area is 271 Å². The first-order chi connectivity index (χ1) is 22.7. The van der Waals surface area contributed by atoms with Gasteiger partial charge in [0, 0.05) is 68.9 Å². The monoisotopic (exact) mass is 636 g/mol. The van der Waals surface area contributed by atoms with Crippen molar-refractivity contribution in [2.24, 2.45) is 7.05 Å². The van der Waals surface area contributed by atoms with Gasteiger partial charge in [-0.25, -0.2) is 9.78 Å². The van der Waals surface area contributed by atoms with Gasteiger partial charge in [-0.2, -0.15) is 0 Å². The van der Waals surface area contributed by atoms with Crippen molar-refractivity contribution >= 4 is 35.2 Å². The molecule has 0 fully saturated rings. The molecule has 2 aromatic heterocycles. The molecule has 3 aliphatic rings. The van der Waals surface area contributed by atoms with Gasteiger partial charge < -0.3 is 34.1 Å². The van der Waals surface area contributed by atoms with E-state index in [0.29, 0.717) is 66.5 Å². The summed E-state index contributed by atoms with van der Waals surface area (Å²) in [5, 5.41) is 12.5. The quantitative estimate of drug-likeness (QED) is 0.292. The van der Waals surface area contributed by atoms with Crippen LogP contribution >= 0.6 is 0 Å². The molecule has 0 bridgehead atoms. The molecule has 0 atom stereocenters. The molecule has 242 valence electrons. The zero-order valence-electron chi connectivity index (χ0n) is 26.4. The van der Waals surface area contributed by atoms with Crippen LogP contribution < -0.4 is 15.8 Å². The lowest BCUT2D eigenvalue weighted by atomic mass is 9.98. The van der Waals surface area contributed by atoms with E-state index in [9.17, 15) is 24.3 Å². The van der Waals surface area contributed by atoms with Gasteiger partial charge in [-0.1, -0.05) is 18.2 Å². The summed E-state index contributed by atoms with van der Waals surface area (Å²) in [5.74, 6) is -0.442. The average molecular weight is 637 g/mol. The molecule has 47 heavy (non-hydrogen) atoms. The smallest absolute Gasteiger partial charge is 0.407 e. The third kappa shape index (κ3) is 5.64. The fraction of sp³-hybridized carbons (Fsp3) is 0.343. The van der Waals surface area contributed by atoms with E-state index in [4.69, 9.17) is 9.72 Å². The van der Waals surface area contributed by atoms with Crippen LogP contribution in [-0.4, -0.2) is 55.2 Å². The Hall–Kier alpha value is -5.39. The molecule has 7 rings (SSSR count). The van der Waals surface area contributed by atoms with Crippen LogP contribution in [0.2, 0.25) is 0 Å². The van der Waals surface area contributed by atoms with Gasteiger partial charge in [0.25, 0.3) is 11.5 Å². The number of anilines is 3. The van der Waals surface area contributed by atoms with Crippen molar-refractivity contribution in [3.63, 3.8) is 0 Å². The minimum Gasteiger partial charge on any atom is -0.465 e. The Kier molecular flexibility index (Phi) is 7.78. The Balaban J connectivity index is 1.24. The van der Waals surface area contributed by atoms with Gasteiger partial charge in [0.2, 0.25) is 0 Å². The summed E-state index contributed by atoms with van der Waals surface area (Å²) in [4.78, 5) is 58.5. The lowest BCUT2D eigenvalue weighted by Gasteiger charge is -2.31. The molecule has 2 aromatic carbocycles. The number of aromatic nitrogens is 3. The van der Waals surface area contributed by atoms with Gasteiger partial charge in [0.05, 0.1) is 11.4 Å². The Bertz CT molecular complexity index is 1990. The van der Waals surface area contributed by atoms with Gasteiger partial charge >= 0.3 is 12.1 Å². The molecule has 2 amide bonds. The van der Waals surface area contributed by atoms with Crippen molar-refractivity contribution in [3.8, 4) is 11.3 Å². The molecule has 0 saturated heterocycles. The molecule has 12 nitrogen and oxygen atoms in total. The summed E-state index contributed by atoms with van der Waals surface area (Å²) in [7, 11) is 1.64. The first kappa shape index (κ1) is 30.3. The third-order valence-electron chi connectivity index (χ3n) is 9.38. The van der Waals surface area contributed by atoms with Crippen molar-refractivity contribution in [1.29, 1.82) is 0 Å². The molecule has 0 radical (unpaired) electrons. The van der Waals surface area contributed by atoms with Crippen molar-refractivity contribution in [2.75, 3.05) is 23.3 Å². The second-order valence-corrected chi connectivity index (χ2v) is 12.4. The predicted octanol–water partition coefficient (Wildman–Crippen LogP) is 4.63. The number of esters is 1. The molecule has 1 aliphatic carbocycles. The molecule has 2 N–H and O–H groups in total. The molecule has 4 heterocycles.